The minimum Gasteiger partial charge on any atom is -0.490 e. The number of fused-ring (bicyclic) bond motifs is 3. The molecule has 0 unspecified atom stereocenters. The first kappa shape index (κ1) is 20.3. The van der Waals surface area contributed by atoms with Gasteiger partial charge in [0.25, 0.3) is 0 Å². The van der Waals surface area contributed by atoms with Crippen molar-refractivity contribution in [2.45, 2.75) is 29.1 Å². The molecule has 2 heterocycles. The molecular formula is C21H19ClF2O4S. The summed E-state index contributed by atoms with van der Waals surface area (Å²) in [6, 6.07) is 7.58. The van der Waals surface area contributed by atoms with Gasteiger partial charge in [-0.1, -0.05) is 23.8 Å². The predicted molar refractivity (Wildman–Crippen MR) is 105 cm³/mol. The lowest BCUT2D eigenvalue weighted by Crippen LogP contribution is -2.57. The van der Waals surface area contributed by atoms with Crippen molar-refractivity contribution in [1.82, 2.24) is 0 Å². The molecule has 4 rings (SSSR count). The zero-order valence-corrected chi connectivity index (χ0v) is 17.1. The van der Waals surface area contributed by atoms with Crippen molar-refractivity contribution < 1.29 is 26.7 Å². The molecule has 0 N–H and O–H groups in total. The molecule has 2 aliphatic rings. The first-order valence-corrected chi connectivity index (χ1v) is 11.0. The Bertz CT molecular complexity index is 1070. The van der Waals surface area contributed by atoms with E-state index in [1.54, 1.807) is 19.1 Å². The summed E-state index contributed by atoms with van der Waals surface area (Å²) in [5.41, 5.74) is -0.262. The minimum absolute atomic E-state index is 0.00969. The zero-order valence-electron chi connectivity index (χ0n) is 15.6. The Hall–Kier alpha value is -1.96. The maximum atomic E-state index is 15.1. The Morgan fingerprint density at radius 3 is 2.52 bits per heavy atom. The van der Waals surface area contributed by atoms with Crippen LogP contribution in [0.2, 0.25) is 5.02 Å². The fraction of sp³-hybridized carbons (Fsp3) is 0.333. The highest BCUT2D eigenvalue weighted by Crippen LogP contribution is 2.55. The number of ether oxygens (including phenoxy) is 2. The number of sulfone groups is 1. The van der Waals surface area contributed by atoms with Crippen molar-refractivity contribution in [3.05, 3.63) is 70.8 Å². The van der Waals surface area contributed by atoms with Gasteiger partial charge in [-0.15, -0.1) is 0 Å². The van der Waals surface area contributed by atoms with Gasteiger partial charge in [0, 0.05) is 17.5 Å². The lowest BCUT2D eigenvalue weighted by molar-refractivity contribution is -0.0480. The zero-order chi connectivity index (χ0) is 20.8. The first-order valence-electron chi connectivity index (χ1n) is 9.19. The average Bonchev–Trinajstić information content (AvgIpc) is 2.71. The van der Waals surface area contributed by atoms with Crippen LogP contribution in [0.3, 0.4) is 0 Å². The molecule has 0 spiro atoms. The summed E-state index contributed by atoms with van der Waals surface area (Å²) < 4.78 is 67.1. The molecular weight excluding hydrogens is 422 g/mol. The predicted octanol–water partition coefficient (Wildman–Crippen LogP) is 4.66. The van der Waals surface area contributed by atoms with Crippen LogP contribution in [0.25, 0.3) is 0 Å². The van der Waals surface area contributed by atoms with Crippen molar-refractivity contribution in [3.8, 4) is 5.75 Å². The quantitative estimate of drug-likeness (QED) is 0.651. The largest absolute Gasteiger partial charge is 0.490 e. The van der Waals surface area contributed by atoms with Crippen LogP contribution in [0.15, 0.2) is 53.4 Å². The summed E-state index contributed by atoms with van der Waals surface area (Å²) in [6.07, 6.45) is 2.83. The molecule has 1 saturated heterocycles. The fourth-order valence-corrected chi connectivity index (χ4v) is 6.82. The van der Waals surface area contributed by atoms with E-state index in [2.05, 4.69) is 0 Å². The van der Waals surface area contributed by atoms with E-state index < -0.39 is 38.2 Å². The molecule has 2 aromatic carbocycles. The van der Waals surface area contributed by atoms with Crippen molar-refractivity contribution in [2.24, 2.45) is 5.92 Å². The van der Waals surface area contributed by atoms with Gasteiger partial charge in [-0.3, -0.25) is 0 Å². The second-order valence-electron chi connectivity index (χ2n) is 7.11. The Labute approximate surface area is 173 Å². The molecule has 1 fully saturated rings. The van der Waals surface area contributed by atoms with Crippen molar-refractivity contribution in [3.63, 3.8) is 0 Å². The third kappa shape index (κ3) is 2.98. The Kier molecular flexibility index (Phi) is 5.17. The highest BCUT2D eigenvalue weighted by Gasteiger charge is 2.61. The summed E-state index contributed by atoms with van der Waals surface area (Å²) in [5, 5.41) is 0.376. The van der Waals surface area contributed by atoms with Gasteiger partial charge < -0.3 is 9.47 Å². The van der Waals surface area contributed by atoms with E-state index >= 15 is 4.39 Å². The topological polar surface area (TPSA) is 52.6 Å². The average molecular weight is 441 g/mol. The number of hydrogen-bond donors (Lipinski definition) is 0. The second kappa shape index (κ2) is 7.38. The number of rotatable bonds is 3. The molecule has 8 heteroatoms. The SMILES string of the molecule is C/C=C/[C@@H]1OCC[C@@]2(S(=O)(=O)c3ccc(Cl)cc3)c3c(F)ccc(F)c3OC[C@@H]12. The molecule has 0 aromatic heterocycles. The van der Waals surface area contributed by atoms with E-state index in [9.17, 15) is 12.8 Å². The van der Waals surface area contributed by atoms with Crippen LogP contribution in [0.1, 0.15) is 18.9 Å². The molecule has 0 bridgehead atoms. The Balaban J connectivity index is 2.04. The van der Waals surface area contributed by atoms with Crippen LogP contribution >= 0.6 is 11.6 Å². The van der Waals surface area contributed by atoms with Crippen LogP contribution in [0.5, 0.6) is 5.75 Å². The van der Waals surface area contributed by atoms with Crippen LogP contribution < -0.4 is 4.74 Å². The molecule has 2 aromatic rings. The van der Waals surface area contributed by atoms with Crippen LogP contribution in [-0.2, 0) is 19.3 Å². The molecule has 29 heavy (non-hydrogen) atoms. The highest BCUT2D eigenvalue weighted by molar-refractivity contribution is 7.92. The molecule has 154 valence electrons. The van der Waals surface area contributed by atoms with E-state index in [-0.39, 0.29) is 35.8 Å². The smallest absolute Gasteiger partial charge is 0.189 e. The summed E-state index contributed by atoms with van der Waals surface area (Å²) in [6.45, 7) is 1.74. The lowest BCUT2D eigenvalue weighted by atomic mass is 9.75. The molecule has 0 saturated carbocycles. The lowest BCUT2D eigenvalue weighted by Gasteiger charge is -2.49. The first-order chi connectivity index (χ1) is 13.8. The normalized spacial score (nSPS) is 26.6. The van der Waals surface area contributed by atoms with Gasteiger partial charge in [0.1, 0.15) is 10.6 Å². The molecule has 0 aliphatic carbocycles. The minimum atomic E-state index is -4.16. The number of allylic oxidation sites excluding steroid dienone is 1. The number of halogens is 3. The monoisotopic (exact) mass is 440 g/mol. The second-order valence-corrected chi connectivity index (χ2v) is 9.75. The van der Waals surface area contributed by atoms with Gasteiger partial charge in [0.2, 0.25) is 0 Å². The summed E-state index contributed by atoms with van der Waals surface area (Å²) in [4.78, 5) is -0.00969. The van der Waals surface area contributed by atoms with Crippen LogP contribution in [0, 0.1) is 17.6 Å². The number of benzene rings is 2. The molecule has 0 radical (unpaired) electrons. The third-order valence-corrected chi connectivity index (χ3v) is 8.47. The molecule has 4 nitrogen and oxygen atoms in total. The summed E-state index contributed by atoms with van der Waals surface area (Å²) in [7, 11) is -4.16. The maximum Gasteiger partial charge on any atom is 0.189 e. The van der Waals surface area contributed by atoms with Gasteiger partial charge in [0.15, 0.2) is 21.4 Å². The Morgan fingerprint density at radius 2 is 1.83 bits per heavy atom. The number of hydrogen-bond acceptors (Lipinski definition) is 4. The van der Waals surface area contributed by atoms with Gasteiger partial charge >= 0.3 is 0 Å². The van der Waals surface area contributed by atoms with E-state index in [0.29, 0.717) is 5.02 Å². The van der Waals surface area contributed by atoms with Gasteiger partial charge in [0.05, 0.1) is 23.2 Å². The Morgan fingerprint density at radius 1 is 1.14 bits per heavy atom. The van der Waals surface area contributed by atoms with Crippen molar-refractivity contribution in [1.29, 1.82) is 0 Å². The van der Waals surface area contributed by atoms with Gasteiger partial charge in [-0.05, 0) is 49.7 Å². The van der Waals surface area contributed by atoms with Crippen molar-refractivity contribution >= 4 is 21.4 Å². The molecule has 0 amide bonds. The van der Waals surface area contributed by atoms with Crippen molar-refractivity contribution in [2.75, 3.05) is 13.2 Å². The third-order valence-electron chi connectivity index (χ3n) is 5.65. The van der Waals surface area contributed by atoms with E-state index in [1.165, 1.54) is 24.3 Å². The highest BCUT2D eigenvalue weighted by atomic mass is 35.5. The summed E-state index contributed by atoms with van der Waals surface area (Å²) >= 11 is 5.92. The van der Waals surface area contributed by atoms with Crippen LogP contribution in [-0.4, -0.2) is 27.7 Å². The van der Waals surface area contributed by atoms with E-state index in [0.717, 1.165) is 12.1 Å². The van der Waals surface area contributed by atoms with Gasteiger partial charge in [-0.2, -0.15) is 0 Å². The van der Waals surface area contributed by atoms with E-state index in [4.69, 9.17) is 21.1 Å². The van der Waals surface area contributed by atoms with Gasteiger partial charge in [-0.25, -0.2) is 17.2 Å². The maximum absolute atomic E-state index is 15.1. The van der Waals surface area contributed by atoms with E-state index in [1.807, 2.05) is 0 Å². The van der Waals surface area contributed by atoms with Crippen LogP contribution in [0.4, 0.5) is 8.78 Å². The molecule has 3 atom stereocenters. The standard InChI is InChI=1S/C21H19ClF2O4S/c1-2-3-18-15-12-28-20-17(24)9-8-16(23)19(20)21(15,10-11-27-18)29(25,26)14-6-4-13(22)5-7-14/h2-9,15,18H,10-12H2,1H3/b3-2+/t15-,18-,21-/m0/s1. The summed E-state index contributed by atoms with van der Waals surface area (Å²) in [5.74, 6) is -2.71. The fourth-order valence-electron chi connectivity index (χ4n) is 4.37. The molecule has 2 aliphatic heterocycles.